The van der Waals surface area contributed by atoms with E-state index in [1.807, 2.05) is 29.2 Å². The van der Waals surface area contributed by atoms with Crippen molar-refractivity contribution in [3.8, 4) is 0 Å². The number of hydrogen-bond donors (Lipinski definition) is 2. The number of nitrogens with one attached hydrogen (secondary N) is 2. The van der Waals surface area contributed by atoms with Gasteiger partial charge in [0.25, 0.3) is 0 Å². The first-order chi connectivity index (χ1) is 12.4. The number of carbonyl (C=O) groups excluding carboxylic acids is 1. The normalized spacial score (nSPS) is 21.9. The molecule has 0 unspecified atom stereocenters. The van der Waals surface area contributed by atoms with Gasteiger partial charge in [0.1, 0.15) is 6.04 Å². The number of benzene rings is 2. The monoisotopic (exact) mass is 391 g/mol. The standard InChI is InChI=1S/C18H18ClN3O3S/c1-11-13(19)5-4-8-17(11)26(24,25)21-12-9-16-18(23)20-14-6-2-3-7-15(14)22(16)10-12/h2-8,12,16,21H,9-10H2,1H3,(H,20,23)/t12-,16-/m1/s1. The highest BCUT2D eigenvalue weighted by molar-refractivity contribution is 7.89. The van der Waals surface area contributed by atoms with Crippen molar-refractivity contribution in [3.63, 3.8) is 0 Å². The van der Waals surface area contributed by atoms with Crippen LogP contribution < -0.4 is 14.9 Å². The van der Waals surface area contributed by atoms with Crippen LogP contribution in [-0.2, 0) is 14.8 Å². The van der Waals surface area contributed by atoms with Gasteiger partial charge >= 0.3 is 0 Å². The molecule has 2 aromatic carbocycles. The molecule has 1 saturated heterocycles. The third kappa shape index (κ3) is 2.86. The number of amides is 1. The Labute approximate surface area is 157 Å². The summed E-state index contributed by atoms with van der Waals surface area (Å²) in [6, 6.07) is 11.6. The van der Waals surface area contributed by atoms with E-state index in [0.717, 1.165) is 11.4 Å². The summed E-state index contributed by atoms with van der Waals surface area (Å²) in [6.45, 7) is 2.12. The molecule has 1 amide bonds. The molecule has 2 aliphatic heterocycles. The fourth-order valence-electron chi connectivity index (χ4n) is 3.64. The molecule has 0 radical (unpaired) electrons. The number of nitrogens with zero attached hydrogens (tertiary/aromatic N) is 1. The lowest BCUT2D eigenvalue weighted by Crippen LogP contribution is -2.44. The number of hydrogen-bond acceptors (Lipinski definition) is 4. The first-order valence-corrected chi connectivity index (χ1v) is 10.2. The molecule has 2 heterocycles. The van der Waals surface area contributed by atoms with Crippen LogP contribution in [0, 0.1) is 6.92 Å². The van der Waals surface area contributed by atoms with E-state index in [1.165, 1.54) is 6.07 Å². The van der Waals surface area contributed by atoms with Gasteiger partial charge < -0.3 is 10.2 Å². The summed E-state index contributed by atoms with van der Waals surface area (Å²) in [5.41, 5.74) is 2.18. The first-order valence-electron chi connectivity index (χ1n) is 8.31. The van der Waals surface area contributed by atoms with Gasteiger partial charge in [0.2, 0.25) is 15.9 Å². The average molecular weight is 392 g/mol. The highest BCUT2D eigenvalue weighted by atomic mass is 35.5. The van der Waals surface area contributed by atoms with Crippen molar-refractivity contribution in [2.45, 2.75) is 30.3 Å². The van der Waals surface area contributed by atoms with Gasteiger partial charge in [-0.2, -0.15) is 0 Å². The third-order valence-electron chi connectivity index (χ3n) is 4.90. The van der Waals surface area contributed by atoms with E-state index >= 15 is 0 Å². The zero-order valence-electron chi connectivity index (χ0n) is 14.1. The second kappa shape index (κ2) is 6.26. The van der Waals surface area contributed by atoms with E-state index in [2.05, 4.69) is 10.0 Å². The minimum Gasteiger partial charge on any atom is -0.356 e. The minimum atomic E-state index is -3.73. The quantitative estimate of drug-likeness (QED) is 0.842. The summed E-state index contributed by atoms with van der Waals surface area (Å²) in [4.78, 5) is 14.5. The molecule has 0 bridgehead atoms. The van der Waals surface area contributed by atoms with Crippen LogP contribution in [0.4, 0.5) is 11.4 Å². The molecule has 2 aromatic rings. The molecule has 8 heteroatoms. The fraction of sp³-hybridized carbons (Fsp3) is 0.278. The van der Waals surface area contributed by atoms with E-state index < -0.39 is 10.0 Å². The van der Waals surface area contributed by atoms with Gasteiger partial charge in [-0.05, 0) is 43.2 Å². The van der Waals surface area contributed by atoms with Crippen molar-refractivity contribution in [2.75, 3.05) is 16.8 Å². The number of rotatable bonds is 3. The van der Waals surface area contributed by atoms with Gasteiger partial charge in [-0.1, -0.05) is 29.8 Å². The maximum Gasteiger partial charge on any atom is 0.247 e. The molecule has 2 N–H and O–H groups in total. The highest BCUT2D eigenvalue weighted by Gasteiger charge is 2.42. The highest BCUT2D eigenvalue weighted by Crippen LogP contribution is 2.36. The average Bonchev–Trinajstić information content (AvgIpc) is 3.01. The number of carbonyl (C=O) groups is 1. The molecule has 1 fully saturated rings. The molecule has 6 nitrogen and oxygen atoms in total. The van der Waals surface area contributed by atoms with Crippen LogP contribution in [0.25, 0.3) is 0 Å². The van der Waals surface area contributed by atoms with E-state index in [1.54, 1.807) is 19.1 Å². The van der Waals surface area contributed by atoms with Crippen molar-refractivity contribution in [1.29, 1.82) is 0 Å². The van der Waals surface area contributed by atoms with Crippen LogP contribution in [0.2, 0.25) is 5.02 Å². The summed E-state index contributed by atoms with van der Waals surface area (Å²) in [7, 11) is -3.73. The Balaban J connectivity index is 1.60. The summed E-state index contributed by atoms with van der Waals surface area (Å²) >= 11 is 6.06. The molecule has 0 aromatic heterocycles. The van der Waals surface area contributed by atoms with E-state index in [9.17, 15) is 13.2 Å². The van der Waals surface area contributed by atoms with Crippen LogP contribution in [0.5, 0.6) is 0 Å². The van der Waals surface area contributed by atoms with Gasteiger partial charge in [-0.25, -0.2) is 13.1 Å². The minimum absolute atomic E-state index is 0.107. The summed E-state index contributed by atoms with van der Waals surface area (Å²) in [5, 5.41) is 3.30. The molecule has 0 aliphatic carbocycles. The number of fused-ring (bicyclic) bond motifs is 3. The second-order valence-electron chi connectivity index (χ2n) is 6.59. The van der Waals surface area contributed by atoms with Gasteiger partial charge in [0.05, 0.1) is 16.3 Å². The van der Waals surface area contributed by atoms with Crippen molar-refractivity contribution in [1.82, 2.24) is 4.72 Å². The van der Waals surface area contributed by atoms with Crippen molar-refractivity contribution in [2.24, 2.45) is 0 Å². The zero-order chi connectivity index (χ0) is 18.5. The van der Waals surface area contributed by atoms with Crippen molar-refractivity contribution < 1.29 is 13.2 Å². The predicted molar refractivity (Wildman–Crippen MR) is 101 cm³/mol. The largest absolute Gasteiger partial charge is 0.356 e. The number of anilines is 2. The van der Waals surface area contributed by atoms with Crippen LogP contribution in [0.15, 0.2) is 47.4 Å². The molecule has 4 rings (SSSR count). The predicted octanol–water partition coefficient (Wildman–Crippen LogP) is 2.53. The molecular formula is C18H18ClN3O3S. The molecule has 0 saturated carbocycles. The van der Waals surface area contributed by atoms with E-state index in [4.69, 9.17) is 11.6 Å². The van der Waals surface area contributed by atoms with Crippen molar-refractivity contribution >= 4 is 38.9 Å². The van der Waals surface area contributed by atoms with Gasteiger partial charge in [0.15, 0.2) is 0 Å². The van der Waals surface area contributed by atoms with Crippen LogP contribution >= 0.6 is 11.6 Å². The SMILES string of the molecule is Cc1c(Cl)cccc1S(=O)(=O)N[C@@H]1C[C@@H]2C(=O)Nc3ccccc3N2C1. The Bertz CT molecular complexity index is 993. The number of halogens is 1. The van der Waals surface area contributed by atoms with E-state index in [-0.39, 0.29) is 22.9 Å². The summed E-state index contributed by atoms with van der Waals surface area (Å²) in [5.74, 6) is -0.107. The Kier molecular flexibility index (Phi) is 4.17. The Morgan fingerprint density at radius 3 is 2.77 bits per heavy atom. The molecule has 0 spiro atoms. The molecule has 136 valence electrons. The third-order valence-corrected chi connectivity index (χ3v) is 6.98. The Hall–Kier alpha value is -2.09. The maximum absolute atomic E-state index is 12.8. The zero-order valence-corrected chi connectivity index (χ0v) is 15.6. The second-order valence-corrected chi connectivity index (χ2v) is 8.68. The molecule has 2 atom stereocenters. The lowest BCUT2D eigenvalue weighted by atomic mass is 10.1. The Morgan fingerprint density at radius 1 is 1.19 bits per heavy atom. The van der Waals surface area contributed by atoms with Crippen molar-refractivity contribution in [3.05, 3.63) is 53.1 Å². The topological polar surface area (TPSA) is 78.5 Å². The fourth-order valence-corrected chi connectivity index (χ4v) is 5.38. The molecule has 26 heavy (non-hydrogen) atoms. The van der Waals surface area contributed by atoms with Gasteiger partial charge in [0, 0.05) is 17.6 Å². The number of sulfonamides is 1. The molecular weight excluding hydrogens is 374 g/mol. The molecule has 2 aliphatic rings. The van der Waals surface area contributed by atoms with Crippen LogP contribution in [-0.4, -0.2) is 33.0 Å². The van der Waals surface area contributed by atoms with E-state index in [0.29, 0.717) is 23.6 Å². The van der Waals surface area contributed by atoms with Crippen LogP contribution in [0.3, 0.4) is 0 Å². The van der Waals surface area contributed by atoms with Crippen LogP contribution in [0.1, 0.15) is 12.0 Å². The smallest absolute Gasteiger partial charge is 0.247 e. The van der Waals surface area contributed by atoms with Gasteiger partial charge in [-0.3, -0.25) is 4.79 Å². The maximum atomic E-state index is 12.8. The summed E-state index contributed by atoms with van der Waals surface area (Å²) < 4.78 is 28.3. The first kappa shape index (κ1) is 17.3. The Morgan fingerprint density at radius 2 is 1.96 bits per heavy atom. The number of para-hydroxylation sites is 2. The lowest BCUT2D eigenvalue weighted by molar-refractivity contribution is -0.117. The summed E-state index contributed by atoms with van der Waals surface area (Å²) in [6.07, 6.45) is 0.416. The van der Waals surface area contributed by atoms with Gasteiger partial charge in [-0.15, -0.1) is 0 Å². The lowest BCUT2D eigenvalue weighted by Gasteiger charge is -2.32.